The maximum atomic E-state index is 5.09. The summed E-state index contributed by atoms with van der Waals surface area (Å²) in [7, 11) is 1.67. The van der Waals surface area contributed by atoms with Gasteiger partial charge in [-0.05, 0) is 34.2 Å². The Balaban J connectivity index is 2.16. The zero-order valence-corrected chi connectivity index (χ0v) is 11.6. The fourth-order valence-electron chi connectivity index (χ4n) is 0.943. The van der Waals surface area contributed by atoms with E-state index in [1.54, 1.807) is 18.4 Å². The molecule has 15 heavy (non-hydrogen) atoms. The summed E-state index contributed by atoms with van der Waals surface area (Å²) >= 11 is 10.2. The molecule has 0 atom stereocenters. The van der Waals surface area contributed by atoms with Gasteiger partial charge in [0.25, 0.3) is 0 Å². The molecular weight excluding hydrogens is 296 g/mol. The highest BCUT2D eigenvalue weighted by Gasteiger charge is 1.98. The molecule has 0 aliphatic carbocycles. The molecule has 0 aromatic carbocycles. The van der Waals surface area contributed by atoms with Crippen LogP contribution in [0.25, 0.3) is 0 Å². The number of rotatable bonds is 5. The van der Waals surface area contributed by atoms with E-state index in [4.69, 9.17) is 17.0 Å². The minimum Gasteiger partial charge on any atom is -0.383 e. The standard InChI is InChI=1S/C9H13BrN2OS2/c1-13-3-2-11-9(14)12-5-8-4-7(10)6-15-8/h4,6H,2-3,5H2,1H3,(H2,11,12,14). The topological polar surface area (TPSA) is 33.3 Å². The van der Waals surface area contributed by atoms with E-state index in [1.807, 2.05) is 0 Å². The summed E-state index contributed by atoms with van der Waals surface area (Å²) in [5.41, 5.74) is 0. The third kappa shape index (κ3) is 5.46. The molecular formula is C9H13BrN2OS2. The van der Waals surface area contributed by atoms with Crippen molar-refractivity contribution < 1.29 is 4.74 Å². The average molecular weight is 309 g/mol. The Morgan fingerprint density at radius 1 is 1.60 bits per heavy atom. The normalized spacial score (nSPS) is 10.0. The number of hydrogen-bond donors (Lipinski definition) is 2. The van der Waals surface area contributed by atoms with Crippen LogP contribution >= 0.6 is 39.5 Å². The van der Waals surface area contributed by atoms with Crippen molar-refractivity contribution in [2.24, 2.45) is 0 Å². The van der Waals surface area contributed by atoms with Crippen LogP contribution in [0.15, 0.2) is 15.9 Å². The summed E-state index contributed by atoms with van der Waals surface area (Å²) in [5.74, 6) is 0. The zero-order valence-electron chi connectivity index (χ0n) is 8.38. The predicted molar refractivity (Wildman–Crippen MR) is 71.3 cm³/mol. The smallest absolute Gasteiger partial charge is 0.166 e. The second-order valence-electron chi connectivity index (χ2n) is 2.83. The fourth-order valence-corrected chi connectivity index (χ4v) is 2.51. The maximum Gasteiger partial charge on any atom is 0.166 e. The average Bonchev–Trinajstić information content (AvgIpc) is 2.62. The molecule has 1 rings (SSSR count). The van der Waals surface area contributed by atoms with Gasteiger partial charge in [0.15, 0.2) is 5.11 Å². The lowest BCUT2D eigenvalue weighted by atomic mass is 10.5. The van der Waals surface area contributed by atoms with Gasteiger partial charge >= 0.3 is 0 Å². The molecule has 2 N–H and O–H groups in total. The number of methoxy groups -OCH3 is 1. The highest BCUT2D eigenvalue weighted by atomic mass is 79.9. The number of thiocarbonyl (C=S) groups is 1. The van der Waals surface area contributed by atoms with E-state index >= 15 is 0 Å². The summed E-state index contributed by atoms with van der Waals surface area (Å²) in [6, 6.07) is 2.08. The highest BCUT2D eigenvalue weighted by molar-refractivity contribution is 9.10. The Morgan fingerprint density at radius 2 is 2.40 bits per heavy atom. The van der Waals surface area contributed by atoms with Gasteiger partial charge in [-0.2, -0.15) is 0 Å². The molecule has 0 spiro atoms. The van der Waals surface area contributed by atoms with Crippen molar-refractivity contribution in [1.29, 1.82) is 0 Å². The van der Waals surface area contributed by atoms with Gasteiger partial charge in [0.1, 0.15) is 0 Å². The highest BCUT2D eigenvalue weighted by Crippen LogP contribution is 2.19. The second kappa shape index (κ2) is 7.16. The van der Waals surface area contributed by atoms with E-state index in [1.165, 1.54) is 4.88 Å². The number of ether oxygens (including phenoxy) is 1. The van der Waals surface area contributed by atoms with E-state index in [0.717, 1.165) is 17.6 Å². The molecule has 6 heteroatoms. The van der Waals surface area contributed by atoms with E-state index in [9.17, 15) is 0 Å². The van der Waals surface area contributed by atoms with Crippen LogP contribution in [0.1, 0.15) is 4.88 Å². The predicted octanol–water partition coefficient (Wildman–Crippen LogP) is 2.12. The van der Waals surface area contributed by atoms with Crippen LogP contribution in [-0.4, -0.2) is 25.4 Å². The monoisotopic (exact) mass is 308 g/mol. The summed E-state index contributed by atoms with van der Waals surface area (Å²) in [5, 5.41) is 8.89. The van der Waals surface area contributed by atoms with Crippen molar-refractivity contribution >= 4 is 44.6 Å². The second-order valence-corrected chi connectivity index (χ2v) is 5.15. The van der Waals surface area contributed by atoms with E-state index in [-0.39, 0.29) is 0 Å². The fraction of sp³-hybridized carbons (Fsp3) is 0.444. The van der Waals surface area contributed by atoms with Gasteiger partial charge in [-0.25, -0.2) is 0 Å². The van der Waals surface area contributed by atoms with Gasteiger partial charge in [-0.15, -0.1) is 11.3 Å². The molecule has 1 heterocycles. The molecule has 0 saturated carbocycles. The minimum atomic E-state index is 0.659. The third-order valence-corrected chi connectivity index (χ3v) is 3.62. The van der Waals surface area contributed by atoms with Crippen molar-refractivity contribution in [3.63, 3.8) is 0 Å². The Kier molecular flexibility index (Phi) is 6.16. The molecule has 84 valence electrons. The molecule has 0 fully saturated rings. The van der Waals surface area contributed by atoms with Gasteiger partial charge in [0, 0.05) is 28.4 Å². The summed E-state index contributed by atoms with van der Waals surface area (Å²) < 4.78 is 6.02. The van der Waals surface area contributed by atoms with Gasteiger partial charge in [0.2, 0.25) is 0 Å². The lowest BCUT2D eigenvalue weighted by Gasteiger charge is -2.08. The summed E-state index contributed by atoms with van der Waals surface area (Å²) in [6.45, 7) is 2.15. The third-order valence-electron chi connectivity index (χ3n) is 1.64. The number of halogens is 1. The van der Waals surface area contributed by atoms with Crippen molar-refractivity contribution in [3.05, 3.63) is 20.8 Å². The van der Waals surface area contributed by atoms with Crippen LogP contribution in [-0.2, 0) is 11.3 Å². The Hall–Kier alpha value is -0.170. The largest absolute Gasteiger partial charge is 0.383 e. The summed E-state index contributed by atoms with van der Waals surface area (Å²) in [6.07, 6.45) is 0. The van der Waals surface area contributed by atoms with Crippen LogP contribution in [0.4, 0.5) is 0 Å². The van der Waals surface area contributed by atoms with Crippen LogP contribution in [0.2, 0.25) is 0 Å². The van der Waals surface area contributed by atoms with Crippen LogP contribution in [0.5, 0.6) is 0 Å². The molecule has 0 amide bonds. The summed E-state index contributed by atoms with van der Waals surface area (Å²) in [4.78, 5) is 1.25. The van der Waals surface area contributed by atoms with Crippen LogP contribution < -0.4 is 10.6 Å². The van der Waals surface area contributed by atoms with Gasteiger partial charge < -0.3 is 15.4 Å². The molecule has 0 unspecified atom stereocenters. The SMILES string of the molecule is COCCNC(=S)NCc1cc(Br)cs1. The molecule has 1 aromatic heterocycles. The molecule has 0 saturated heterocycles. The minimum absolute atomic E-state index is 0.659. The Morgan fingerprint density at radius 3 is 3.00 bits per heavy atom. The Bertz CT molecular complexity index is 317. The van der Waals surface area contributed by atoms with Crippen LogP contribution in [0, 0.1) is 0 Å². The van der Waals surface area contributed by atoms with Crippen molar-refractivity contribution in [3.8, 4) is 0 Å². The number of hydrogen-bond acceptors (Lipinski definition) is 3. The van der Waals surface area contributed by atoms with Gasteiger partial charge in [-0.1, -0.05) is 0 Å². The number of nitrogens with one attached hydrogen (secondary N) is 2. The first kappa shape index (κ1) is 12.9. The number of thiophene rings is 1. The lowest BCUT2D eigenvalue weighted by molar-refractivity contribution is 0.204. The first-order chi connectivity index (χ1) is 7.22. The van der Waals surface area contributed by atoms with Crippen molar-refractivity contribution in [1.82, 2.24) is 10.6 Å². The Labute approximate surface area is 107 Å². The lowest BCUT2D eigenvalue weighted by Crippen LogP contribution is -2.36. The molecule has 0 aliphatic rings. The van der Waals surface area contributed by atoms with E-state index in [0.29, 0.717) is 11.7 Å². The first-order valence-electron chi connectivity index (χ1n) is 4.46. The molecule has 0 aliphatic heterocycles. The van der Waals surface area contributed by atoms with Crippen molar-refractivity contribution in [2.75, 3.05) is 20.3 Å². The maximum absolute atomic E-state index is 5.09. The van der Waals surface area contributed by atoms with Gasteiger partial charge in [-0.3, -0.25) is 0 Å². The first-order valence-corrected chi connectivity index (χ1v) is 6.54. The molecule has 3 nitrogen and oxygen atoms in total. The van der Waals surface area contributed by atoms with E-state index in [2.05, 4.69) is 38.0 Å². The van der Waals surface area contributed by atoms with Crippen LogP contribution in [0.3, 0.4) is 0 Å². The molecule has 1 aromatic rings. The molecule has 0 bridgehead atoms. The quantitative estimate of drug-likeness (QED) is 0.645. The zero-order chi connectivity index (χ0) is 11.1. The van der Waals surface area contributed by atoms with Gasteiger partial charge in [0.05, 0.1) is 13.2 Å². The molecule has 0 radical (unpaired) electrons. The van der Waals surface area contributed by atoms with E-state index < -0.39 is 0 Å². The van der Waals surface area contributed by atoms with Crippen molar-refractivity contribution in [2.45, 2.75) is 6.54 Å².